The number of nitrogens with zero attached hydrogens (tertiary/aromatic N) is 1. The highest BCUT2D eigenvalue weighted by atomic mass is 35.5. The molecule has 1 aromatic carbocycles. The number of carboxylic acid groups (broad SMARTS) is 1. The number of hydrogen-bond acceptors (Lipinski definition) is 2. The Morgan fingerprint density at radius 2 is 2.05 bits per heavy atom. The Balaban J connectivity index is 2.42. The number of carbonyl (C=O) groups is 1. The Labute approximate surface area is 112 Å². The molecule has 7 heteroatoms. The number of rotatable bonds is 4. The van der Waals surface area contributed by atoms with E-state index in [2.05, 4.69) is 0 Å². The quantitative estimate of drug-likeness (QED) is 0.922. The van der Waals surface area contributed by atoms with Gasteiger partial charge >= 0.3 is 12.1 Å². The summed E-state index contributed by atoms with van der Waals surface area (Å²) in [6.45, 7) is -1.17. The molecular formula is C12H11ClF3NO2. The van der Waals surface area contributed by atoms with Crippen molar-refractivity contribution in [3.8, 4) is 0 Å². The van der Waals surface area contributed by atoms with Crippen molar-refractivity contribution in [2.75, 3.05) is 11.4 Å². The van der Waals surface area contributed by atoms with Crippen molar-refractivity contribution < 1.29 is 23.1 Å². The topological polar surface area (TPSA) is 40.5 Å². The van der Waals surface area contributed by atoms with Gasteiger partial charge in [0.1, 0.15) is 12.1 Å². The van der Waals surface area contributed by atoms with Gasteiger partial charge in [-0.1, -0.05) is 17.7 Å². The number of hydrogen-bond donors (Lipinski definition) is 1. The first-order chi connectivity index (χ1) is 8.79. The van der Waals surface area contributed by atoms with Crippen LogP contribution < -0.4 is 4.90 Å². The number of anilines is 1. The van der Waals surface area contributed by atoms with Crippen LogP contribution in [0.1, 0.15) is 23.2 Å². The largest absolute Gasteiger partial charge is 0.478 e. The Bertz CT molecular complexity index is 500. The maximum atomic E-state index is 12.6. The van der Waals surface area contributed by atoms with E-state index in [0.717, 1.165) is 4.90 Å². The molecule has 0 aliphatic heterocycles. The van der Waals surface area contributed by atoms with Crippen molar-refractivity contribution in [1.82, 2.24) is 0 Å². The van der Waals surface area contributed by atoms with E-state index in [4.69, 9.17) is 16.7 Å². The summed E-state index contributed by atoms with van der Waals surface area (Å²) in [4.78, 5) is 12.2. The summed E-state index contributed by atoms with van der Waals surface area (Å²) >= 11 is 5.78. The molecular weight excluding hydrogens is 283 g/mol. The van der Waals surface area contributed by atoms with Crippen LogP contribution in [0.3, 0.4) is 0 Å². The van der Waals surface area contributed by atoms with Crippen LogP contribution in [0, 0.1) is 0 Å². The third kappa shape index (κ3) is 3.32. The zero-order valence-electron chi connectivity index (χ0n) is 9.75. The molecule has 19 heavy (non-hydrogen) atoms. The molecule has 0 spiro atoms. The minimum absolute atomic E-state index is 0.0276. The molecule has 1 aliphatic carbocycles. The predicted octanol–water partition coefficient (Wildman–Crippen LogP) is 3.57. The molecule has 0 heterocycles. The summed E-state index contributed by atoms with van der Waals surface area (Å²) in [7, 11) is 0. The molecule has 0 atom stereocenters. The van der Waals surface area contributed by atoms with E-state index in [9.17, 15) is 18.0 Å². The molecule has 1 aromatic rings. The molecule has 1 aliphatic rings. The van der Waals surface area contributed by atoms with Gasteiger partial charge in [-0.2, -0.15) is 13.2 Å². The van der Waals surface area contributed by atoms with Crippen LogP contribution in [-0.2, 0) is 0 Å². The van der Waals surface area contributed by atoms with Gasteiger partial charge in [0, 0.05) is 6.04 Å². The van der Waals surface area contributed by atoms with Crippen LogP contribution in [0.15, 0.2) is 18.2 Å². The van der Waals surface area contributed by atoms with E-state index in [0.29, 0.717) is 12.8 Å². The smallest absolute Gasteiger partial charge is 0.405 e. The third-order valence-electron chi connectivity index (χ3n) is 2.85. The Morgan fingerprint density at radius 3 is 2.53 bits per heavy atom. The lowest BCUT2D eigenvalue weighted by atomic mass is 10.1. The lowest BCUT2D eigenvalue weighted by Gasteiger charge is -2.27. The fourth-order valence-electron chi connectivity index (χ4n) is 1.95. The van der Waals surface area contributed by atoms with E-state index >= 15 is 0 Å². The van der Waals surface area contributed by atoms with Gasteiger partial charge < -0.3 is 10.0 Å². The summed E-state index contributed by atoms with van der Waals surface area (Å²) in [6, 6.07) is 3.90. The molecule has 1 saturated carbocycles. The van der Waals surface area contributed by atoms with E-state index in [1.54, 1.807) is 0 Å². The van der Waals surface area contributed by atoms with E-state index in [1.807, 2.05) is 0 Å². The van der Waals surface area contributed by atoms with Gasteiger partial charge in [0.25, 0.3) is 0 Å². The highest BCUT2D eigenvalue weighted by Crippen LogP contribution is 2.37. The average molecular weight is 294 g/mol. The van der Waals surface area contributed by atoms with E-state index < -0.39 is 18.7 Å². The first-order valence-corrected chi connectivity index (χ1v) is 6.02. The van der Waals surface area contributed by atoms with Crippen LogP contribution in [-0.4, -0.2) is 29.8 Å². The van der Waals surface area contributed by atoms with Gasteiger partial charge in [0.05, 0.1) is 10.7 Å². The number of halogens is 4. The maximum Gasteiger partial charge on any atom is 0.405 e. The molecule has 0 bridgehead atoms. The number of carboxylic acids is 1. The molecule has 0 radical (unpaired) electrons. The molecule has 0 amide bonds. The molecule has 104 valence electrons. The lowest BCUT2D eigenvalue weighted by Crippen LogP contribution is -2.37. The van der Waals surface area contributed by atoms with Crippen LogP contribution >= 0.6 is 11.6 Å². The van der Waals surface area contributed by atoms with Gasteiger partial charge in [-0.3, -0.25) is 0 Å². The maximum absolute atomic E-state index is 12.6. The van der Waals surface area contributed by atoms with Crippen molar-refractivity contribution in [2.45, 2.75) is 25.1 Å². The van der Waals surface area contributed by atoms with E-state index in [1.165, 1.54) is 18.2 Å². The standard InChI is InChI=1S/C12H11ClF3NO2/c13-8-2-1-3-9(10(8)11(18)19)17(7-4-5-7)6-12(14,15)16/h1-3,7H,4-6H2,(H,18,19). The minimum atomic E-state index is -4.39. The molecule has 1 fully saturated rings. The fraction of sp³-hybridized carbons (Fsp3) is 0.417. The van der Waals surface area contributed by atoms with Gasteiger partial charge in [-0.25, -0.2) is 4.79 Å². The van der Waals surface area contributed by atoms with Gasteiger partial charge in [0.15, 0.2) is 0 Å². The molecule has 1 N–H and O–H groups in total. The van der Waals surface area contributed by atoms with Gasteiger partial charge in [-0.05, 0) is 25.0 Å². The van der Waals surface area contributed by atoms with Crippen molar-refractivity contribution in [1.29, 1.82) is 0 Å². The van der Waals surface area contributed by atoms with Crippen LogP contribution in [0.2, 0.25) is 5.02 Å². The molecule has 0 unspecified atom stereocenters. The summed E-state index contributed by atoms with van der Waals surface area (Å²) in [5.41, 5.74) is -0.250. The second kappa shape index (κ2) is 4.92. The van der Waals surface area contributed by atoms with Crippen LogP contribution in [0.5, 0.6) is 0 Å². The Kier molecular flexibility index (Phi) is 3.62. The van der Waals surface area contributed by atoms with Crippen molar-refractivity contribution in [3.05, 3.63) is 28.8 Å². The molecule has 0 saturated heterocycles. The van der Waals surface area contributed by atoms with Crippen molar-refractivity contribution in [3.63, 3.8) is 0 Å². The number of alkyl halides is 3. The lowest BCUT2D eigenvalue weighted by molar-refractivity contribution is -0.120. The first-order valence-electron chi connectivity index (χ1n) is 5.65. The summed E-state index contributed by atoms with van der Waals surface area (Å²) in [5.74, 6) is -1.33. The Hall–Kier alpha value is -1.43. The van der Waals surface area contributed by atoms with Crippen LogP contribution in [0.4, 0.5) is 18.9 Å². The normalized spacial score (nSPS) is 15.4. The van der Waals surface area contributed by atoms with E-state index in [-0.39, 0.29) is 22.3 Å². The summed E-state index contributed by atoms with van der Waals surface area (Å²) in [5, 5.41) is 9.05. The molecule has 3 nitrogen and oxygen atoms in total. The second-order valence-electron chi connectivity index (χ2n) is 4.41. The summed E-state index contributed by atoms with van der Waals surface area (Å²) < 4.78 is 37.8. The Morgan fingerprint density at radius 1 is 1.42 bits per heavy atom. The zero-order chi connectivity index (χ0) is 14.2. The highest BCUT2D eigenvalue weighted by molar-refractivity contribution is 6.34. The monoisotopic (exact) mass is 293 g/mol. The molecule has 2 rings (SSSR count). The first kappa shape index (κ1) is 14.0. The van der Waals surface area contributed by atoms with Crippen molar-refractivity contribution >= 4 is 23.3 Å². The zero-order valence-corrected chi connectivity index (χ0v) is 10.5. The second-order valence-corrected chi connectivity index (χ2v) is 4.82. The number of benzene rings is 1. The summed E-state index contributed by atoms with van der Waals surface area (Å²) in [6.07, 6.45) is -3.13. The SMILES string of the molecule is O=C(O)c1c(Cl)cccc1N(CC(F)(F)F)C1CC1. The number of aromatic carboxylic acids is 1. The third-order valence-corrected chi connectivity index (χ3v) is 3.17. The average Bonchev–Trinajstić information content (AvgIpc) is 3.07. The molecule has 0 aromatic heterocycles. The minimum Gasteiger partial charge on any atom is -0.478 e. The van der Waals surface area contributed by atoms with Gasteiger partial charge in [-0.15, -0.1) is 0 Å². The highest BCUT2D eigenvalue weighted by Gasteiger charge is 2.39. The van der Waals surface area contributed by atoms with Crippen LogP contribution in [0.25, 0.3) is 0 Å². The predicted molar refractivity (Wildman–Crippen MR) is 64.8 cm³/mol. The van der Waals surface area contributed by atoms with Crippen molar-refractivity contribution in [2.24, 2.45) is 0 Å². The fourth-order valence-corrected chi connectivity index (χ4v) is 2.20. The van der Waals surface area contributed by atoms with Gasteiger partial charge in [0.2, 0.25) is 0 Å².